The van der Waals surface area contributed by atoms with Crippen LogP contribution in [-0.2, 0) is 0 Å². The van der Waals surface area contributed by atoms with Crippen molar-refractivity contribution in [2.45, 2.75) is 12.2 Å². The molecular weight excluding hydrogens is 282 g/mol. The largest absolute Gasteiger partial charge is 0.389 e. The Labute approximate surface area is 120 Å². The molecule has 0 saturated carbocycles. The summed E-state index contributed by atoms with van der Waals surface area (Å²) in [4.78, 5) is 10.5. The van der Waals surface area contributed by atoms with Gasteiger partial charge in [0, 0.05) is 23.6 Å². The highest BCUT2D eigenvalue weighted by Gasteiger charge is 2.20. The number of aromatic nitrogens is 2. The normalized spacial score (nSPS) is 13.9. The molecule has 106 valence electrons. The van der Waals surface area contributed by atoms with Crippen LogP contribution in [0.3, 0.4) is 0 Å². The van der Waals surface area contributed by atoms with Gasteiger partial charge in [-0.15, -0.1) is 0 Å². The van der Waals surface area contributed by atoms with Gasteiger partial charge in [0.2, 0.25) is 0 Å². The average molecular weight is 295 g/mol. The van der Waals surface area contributed by atoms with Gasteiger partial charge >= 0.3 is 0 Å². The SMILES string of the molecule is O=[N+]([O-])c1ccccc1-n1cc(C(O)C(O)CS)cn1. The number of nitro groups is 1. The first-order chi connectivity index (χ1) is 9.54. The quantitative estimate of drug-likeness (QED) is 0.435. The number of aliphatic hydroxyl groups is 2. The minimum Gasteiger partial charge on any atom is -0.389 e. The molecule has 0 aliphatic rings. The molecule has 1 aromatic heterocycles. The number of aliphatic hydroxyl groups excluding tert-OH is 2. The zero-order chi connectivity index (χ0) is 14.7. The predicted molar refractivity (Wildman–Crippen MR) is 75.0 cm³/mol. The first kappa shape index (κ1) is 14.5. The Kier molecular flexibility index (Phi) is 4.38. The molecule has 0 saturated heterocycles. The fourth-order valence-electron chi connectivity index (χ4n) is 1.76. The van der Waals surface area contributed by atoms with Crippen molar-refractivity contribution in [3.05, 3.63) is 52.3 Å². The van der Waals surface area contributed by atoms with Crippen LogP contribution in [0.25, 0.3) is 5.69 Å². The molecule has 0 aliphatic heterocycles. The third-order valence-corrected chi connectivity index (χ3v) is 3.19. The van der Waals surface area contributed by atoms with E-state index in [2.05, 4.69) is 17.7 Å². The molecule has 2 N–H and O–H groups in total. The molecule has 2 aromatic rings. The van der Waals surface area contributed by atoms with Gasteiger partial charge in [-0.2, -0.15) is 17.7 Å². The van der Waals surface area contributed by atoms with E-state index in [9.17, 15) is 20.3 Å². The highest BCUT2D eigenvalue weighted by Crippen LogP contribution is 2.24. The summed E-state index contributed by atoms with van der Waals surface area (Å²) in [5.74, 6) is 0.0951. The number of benzene rings is 1. The molecule has 1 aromatic carbocycles. The van der Waals surface area contributed by atoms with Crippen LogP contribution in [0.5, 0.6) is 0 Å². The molecule has 8 heteroatoms. The maximum atomic E-state index is 11.0. The Bertz CT molecular complexity index is 616. The van der Waals surface area contributed by atoms with Crippen LogP contribution in [0.4, 0.5) is 5.69 Å². The van der Waals surface area contributed by atoms with Crippen molar-refractivity contribution in [1.29, 1.82) is 0 Å². The van der Waals surface area contributed by atoms with Gasteiger partial charge in [0.1, 0.15) is 11.8 Å². The van der Waals surface area contributed by atoms with Gasteiger partial charge in [0.25, 0.3) is 5.69 Å². The van der Waals surface area contributed by atoms with E-state index in [0.717, 1.165) is 0 Å². The zero-order valence-electron chi connectivity index (χ0n) is 10.3. The van der Waals surface area contributed by atoms with E-state index < -0.39 is 17.1 Å². The van der Waals surface area contributed by atoms with Gasteiger partial charge in [-0.1, -0.05) is 12.1 Å². The number of hydrogen-bond acceptors (Lipinski definition) is 6. The van der Waals surface area contributed by atoms with Crippen LogP contribution in [-0.4, -0.2) is 36.8 Å². The maximum absolute atomic E-state index is 11.0. The van der Waals surface area contributed by atoms with E-state index in [0.29, 0.717) is 5.56 Å². The maximum Gasteiger partial charge on any atom is 0.294 e. The molecule has 0 aliphatic carbocycles. The van der Waals surface area contributed by atoms with Crippen LogP contribution in [0.15, 0.2) is 36.7 Å². The van der Waals surface area contributed by atoms with Crippen LogP contribution in [0.2, 0.25) is 0 Å². The summed E-state index contributed by atoms with van der Waals surface area (Å²) < 4.78 is 1.29. The van der Waals surface area contributed by atoms with Gasteiger partial charge in [0.05, 0.1) is 17.2 Å². The fraction of sp³-hybridized carbons (Fsp3) is 0.250. The molecule has 0 fully saturated rings. The standard InChI is InChI=1S/C12H13N3O4S/c16-11(7-20)12(17)8-5-13-14(6-8)9-3-1-2-4-10(9)15(18)19/h1-6,11-12,16-17,20H,7H2. The molecular formula is C12H13N3O4S. The second-order valence-corrected chi connectivity index (χ2v) is 4.52. The molecule has 2 atom stereocenters. The van der Waals surface area contributed by atoms with Crippen molar-refractivity contribution in [2.24, 2.45) is 0 Å². The minimum atomic E-state index is -1.14. The zero-order valence-corrected chi connectivity index (χ0v) is 11.2. The average Bonchev–Trinajstić information content (AvgIpc) is 2.95. The van der Waals surface area contributed by atoms with Gasteiger partial charge in [-0.05, 0) is 6.07 Å². The van der Waals surface area contributed by atoms with Crippen molar-refractivity contribution >= 4 is 18.3 Å². The van der Waals surface area contributed by atoms with Gasteiger partial charge in [-0.3, -0.25) is 10.1 Å². The number of nitro benzene ring substituents is 1. The van der Waals surface area contributed by atoms with Crippen LogP contribution < -0.4 is 0 Å². The molecule has 2 unspecified atom stereocenters. The highest BCUT2D eigenvalue weighted by molar-refractivity contribution is 7.80. The van der Waals surface area contributed by atoms with E-state index in [1.807, 2.05) is 0 Å². The van der Waals surface area contributed by atoms with Crippen LogP contribution >= 0.6 is 12.6 Å². The Hall–Kier alpha value is -1.90. The molecule has 0 amide bonds. The van der Waals surface area contributed by atoms with Gasteiger partial charge in [-0.25, -0.2) is 4.68 Å². The molecule has 20 heavy (non-hydrogen) atoms. The van der Waals surface area contributed by atoms with E-state index in [4.69, 9.17) is 0 Å². The number of nitrogens with zero attached hydrogens (tertiary/aromatic N) is 3. The van der Waals surface area contributed by atoms with E-state index >= 15 is 0 Å². The third-order valence-electron chi connectivity index (χ3n) is 2.82. The Morgan fingerprint density at radius 2 is 2.10 bits per heavy atom. The first-order valence-electron chi connectivity index (χ1n) is 5.80. The number of rotatable bonds is 5. The summed E-state index contributed by atoms with van der Waals surface area (Å²) >= 11 is 3.90. The third kappa shape index (κ3) is 2.82. The monoisotopic (exact) mass is 295 g/mol. The number of thiol groups is 1. The van der Waals surface area contributed by atoms with E-state index in [1.165, 1.54) is 23.1 Å². The first-order valence-corrected chi connectivity index (χ1v) is 6.43. The summed E-state index contributed by atoms with van der Waals surface area (Å²) in [6.45, 7) is 0. The van der Waals surface area contributed by atoms with E-state index in [-0.39, 0.29) is 17.1 Å². The van der Waals surface area contributed by atoms with Crippen molar-refractivity contribution < 1.29 is 15.1 Å². The summed E-state index contributed by atoms with van der Waals surface area (Å²) in [6, 6.07) is 6.14. The Morgan fingerprint density at radius 1 is 1.40 bits per heavy atom. The molecule has 2 rings (SSSR count). The predicted octanol–water partition coefficient (Wildman–Crippen LogP) is 1.10. The Morgan fingerprint density at radius 3 is 2.75 bits per heavy atom. The van der Waals surface area contributed by atoms with Crippen molar-refractivity contribution in [3.63, 3.8) is 0 Å². The summed E-state index contributed by atoms with van der Waals surface area (Å²) in [5.41, 5.74) is 0.562. The van der Waals surface area contributed by atoms with Crippen molar-refractivity contribution in [3.8, 4) is 5.69 Å². The second-order valence-electron chi connectivity index (χ2n) is 4.16. The van der Waals surface area contributed by atoms with E-state index in [1.54, 1.807) is 18.2 Å². The number of hydrogen-bond donors (Lipinski definition) is 3. The smallest absolute Gasteiger partial charge is 0.294 e. The number of para-hydroxylation sites is 2. The molecule has 7 nitrogen and oxygen atoms in total. The molecule has 0 bridgehead atoms. The minimum absolute atomic E-state index is 0.0913. The Balaban J connectivity index is 2.36. The second kappa shape index (κ2) is 6.04. The lowest BCUT2D eigenvalue weighted by molar-refractivity contribution is -0.384. The van der Waals surface area contributed by atoms with Crippen LogP contribution in [0.1, 0.15) is 11.7 Å². The van der Waals surface area contributed by atoms with Crippen molar-refractivity contribution in [1.82, 2.24) is 9.78 Å². The summed E-state index contributed by atoms with van der Waals surface area (Å²) in [7, 11) is 0. The lowest BCUT2D eigenvalue weighted by atomic mass is 10.1. The topological polar surface area (TPSA) is 101 Å². The lowest BCUT2D eigenvalue weighted by Gasteiger charge is -2.13. The van der Waals surface area contributed by atoms with Crippen LogP contribution in [0, 0.1) is 10.1 Å². The van der Waals surface area contributed by atoms with Gasteiger partial charge in [0.15, 0.2) is 0 Å². The molecule has 0 spiro atoms. The van der Waals surface area contributed by atoms with Gasteiger partial charge < -0.3 is 10.2 Å². The lowest BCUT2D eigenvalue weighted by Crippen LogP contribution is -2.19. The highest BCUT2D eigenvalue weighted by atomic mass is 32.1. The molecule has 0 radical (unpaired) electrons. The summed E-state index contributed by atoms with van der Waals surface area (Å²) in [5, 5.41) is 34.3. The summed E-state index contributed by atoms with van der Waals surface area (Å²) in [6.07, 6.45) is 0.638. The van der Waals surface area contributed by atoms with Crippen molar-refractivity contribution in [2.75, 3.05) is 5.75 Å². The fourth-order valence-corrected chi connectivity index (χ4v) is 1.96. The molecule has 1 heterocycles.